The maximum absolute atomic E-state index is 14.7. The molecule has 324 valence electrons. The van der Waals surface area contributed by atoms with Gasteiger partial charge in [-0.1, -0.05) is 76.8 Å². The van der Waals surface area contributed by atoms with Crippen molar-refractivity contribution in [1.29, 1.82) is 0 Å². The Balaban J connectivity index is 1.82. The maximum Gasteiger partial charge on any atom is 0.290 e. The number of nitrogens with zero attached hydrogens (tertiary/aromatic N) is 1. The van der Waals surface area contributed by atoms with Crippen LogP contribution in [0.2, 0.25) is 0 Å². The molecule has 2 fully saturated rings. The van der Waals surface area contributed by atoms with Crippen molar-refractivity contribution in [3.63, 3.8) is 0 Å². The third-order valence-corrected chi connectivity index (χ3v) is 10.8. The van der Waals surface area contributed by atoms with Gasteiger partial charge in [-0.25, -0.2) is 13.1 Å². The van der Waals surface area contributed by atoms with Gasteiger partial charge in [0.2, 0.25) is 45.3 Å². The number of Topliss-reactive ketones (excluding diaryl/α,β-unsaturated/α-hetero) is 1. The number of rotatable bonds is 20. The molecule has 3 rings (SSSR count). The van der Waals surface area contributed by atoms with Gasteiger partial charge < -0.3 is 36.6 Å². The number of hydrogen-bond donors (Lipinski definition) is 6. The minimum Gasteiger partial charge on any atom is -0.371 e. The summed E-state index contributed by atoms with van der Waals surface area (Å²) in [5.74, 6) is -6.06. The lowest BCUT2D eigenvalue weighted by molar-refractivity contribution is -0.145. The van der Waals surface area contributed by atoms with Crippen molar-refractivity contribution >= 4 is 51.2 Å². The summed E-state index contributed by atoms with van der Waals surface area (Å²) in [4.78, 5) is 94.9. The first kappa shape index (κ1) is 48.0. The molecule has 0 spiro atoms. The van der Waals surface area contributed by atoms with Crippen LogP contribution in [0, 0.1) is 11.8 Å². The molecule has 17 nitrogen and oxygen atoms in total. The molecule has 6 amide bonds. The zero-order chi connectivity index (χ0) is 43.4. The predicted molar refractivity (Wildman–Crippen MR) is 216 cm³/mol. The molecule has 1 aliphatic carbocycles. The van der Waals surface area contributed by atoms with E-state index in [-0.39, 0.29) is 31.7 Å². The second-order valence-electron chi connectivity index (χ2n) is 16.7. The van der Waals surface area contributed by atoms with E-state index in [9.17, 15) is 42.0 Å². The lowest BCUT2D eigenvalue weighted by Gasteiger charge is -2.36. The van der Waals surface area contributed by atoms with Gasteiger partial charge in [-0.15, -0.1) is 0 Å². The van der Waals surface area contributed by atoms with Gasteiger partial charge in [0, 0.05) is 13.0 Å². The van der Waals surface area contributed by atoms with Crippen LogP contribution in [0.4, 0.5) is 0 Å². The molecule has 0 radical (unpaired) electrons. The van der Waals surface area contributed by atoms with Gasteiger partial charge in [0.15, 0.2) is 0 Å². The number of carbonyl (C=O) groups excluding carboxylic acids is 7. The molecule has 58 heavy (non-hydrogen) atoms. The van der Waals surface area contributed by atoms with Gasteiger partial charge in [-0.3, -0.25) is 33.6 Å². The molecular weight excluding hydrogens is 771 g/mol. The first-order chi connectivity index (χ1) is 27.1. The number of benzene rings is 1. The molecule has 1 saturated carbocycles. The van der Waals surface area contributed by atoms with Crippen LogP contribution in [0.5, 0.6) is 0 Å². The average Bonchev–Trinajstić information content (AvgIpc) is 3.56. The van der Waals surface area contributed by atoms with Crippen molar-refractivity contribution in [2.45, 2.75) is 141 Å². The maximum atomic E-state index is 14.7. The van der Waals surface area contributed by atoms with Crippen molar-refractivity contribution in [2.24, 2.45) is 17.6 Å². The van der Waals surface area contributed by atoms with Crippen LogP contribution in [0.15, 0.2) is 30.3 Å². The van der Waals surface area contributed by atoms with Gasteiger partial charge in [-0.2, -0.15) is 0 Å². The van der Waals surface area contributed by atoms with Crippen LogP contribution in [-0.2, 0) is 48.3 Å². The summed E-state index contributed by atoms with van der Waals surface area (Å²) in [7, 11) is -3.78. The quantitative estimate of drug-likeness (QED) is 0.102. The smallest absolute Gasteiger partial charge is 0.290 e. The fourth-order valence-electron chi connectivity index (χ4n) is 7.48. The molecule has 1 aromatic rings. The molecule has 6 atom stereocenters. The first-order valence-electron chi connectivity index (χ1n) is 20.1. The van der Waals surface area contributed by atoms with E-state index in [4.69, 9.17) is 10.5 Å². The molecule has 2 aliphatic rings. The molecule has 1 saturated heterocycles. The minimum absolute atomic E-state index is 0.00416. The summed E-state index contributed by atoms with van der Waals surface area (Å²) in [5.41, 5.74) is 5.35. The molecule has 18 heteroatoms. The van der Waals surface area contributed by atoms with Gasteiger partial charge in [0.25, 0.3) is 5.91 Å². The molecule has 1 heterocycles. The Morgan fingerprint density at radius 3 is 2.14 bits per heavy atom. The lowest BCUT2D eigenvalue weighted by Crippen LogP contribution is -2.60. The van der Waals surface area contributed by atoms with Crippen LogP contribution < -0.4 is 31.7 Å². The van der Waals surface area contributed by atoms with Gasteiger partial charge in [0.1, 0.15) is 18.1 Å². The summed E-state index contributed by atoms with van der Waals surface area (Å²) < 4.78 is 32.9. The Hall–Kier alpha value is -4.42. The van der Waals surface area contributed by atoms with E-state index < -0.39 is 106 Å². The topological polar surface area (TPSA) is 252 Å². The Labute approximate surface area is 342 Å². The highest BCUT2D eigenvalue weighted by molar-refractivity contribution is 7.88. The largest absolute Gasteiger partial charge is 0.371 e. The second-order valence-corrected chi connectivity index (χ2v) is 18.5. The van der Waals surface area contributed by atoms with Gasteiger partial charge in [0.05, 0.1) is 43.0 Å². The average molecular weight is 834 g/mol. The van der Waals surface area contributed by atoms with E-state index in [0.717, 1.165) is 25.5 Å². The van der Waals surface area contributed by atoms with E-state index in [0.29, 0.717) is 24.8 Å². The summed E-state index contributed by atoms with van der Waals surface area (Å²) in [6.45, 7) is 10.1. The van der Waals surface area contributed by atoms with Gasteiger partial charge >= 0.3 is 0 Å². The number of nitrogens with two attached hydrogens (primary N) is 1. The van der Waals surface area contributed by atoms with Crippen molar-refractivity contribution in [2.75, 3.05) is 19.3 Å². The number of primary amides is 1. The highest BCUT2D eigenvalue weighted by atomic mass is 32.2. The van der Waals surface area contributed by atoms with Crippen LogP contribution in [0.25, 0.3) is 0 Å². The SMILES string of the molecule is CCCC(NC(=O)C1CC(OC(C)(C)C)CN1C(=O)C(NC(=O)C(NS(C)(=O)=O)C(C)C)C1CCCCC1)C(=O)C(=O)NCC(=O)NC(CC(N)=O)c1ccccc1. The van der Waals surface area contributed by atoms with E-state index in [1.807, 2.05) is 20.8 Å². The number of amides is 6. The monoisotopic (exact) mass is 833 g/mol. The standard InChI is InChI=1S/C40H63N7O10S/c1-8-15-28(35(50)38(53)42-22-32(49)43-29(21-31(41)48)25-16-11-9-12-17-25)44-36(51)30-20-27(57-40(4,5)6)23-47(30)39(54)34(26-18-13-10-14-19-26)45-37(52)33(24(2)3)46-58(7,55)56/h9,11-12,16-17,24,26-30,33-34,46H,8,10,13-15,18-23H2,1-7H3,(H2,41,48)(H,42,53)(H,43,49)(H,44,51)(H,45,52). The molecule has 7 N–H and O–H groups in total. The number of hydrogen-bond acceptors (Lipinski definition) is 10. The van der Waals surface area contributed by atoms with E-state index in [1.165, 1.54) is 4.90 Å². The Bertz CT molecular complexity index is 1730. The van der Waals surface area contributed by atoms with Crippen LogP contribution in [-0.4, -0.2) is 110 Å². The number of ether oxygens (including phenoxy) is 1. The molecule has 6 unspecified atom stereocenters. The van der Waals surface area contributed by atoms with Crippen molar-refractivity contribution in [3.05, 3.63) is 35.9 Å². The van der Waals surface area contributed by atoms with Crippen molar-refractivity contribution < 1.29 is 46.7 Å². The number of nitrogens with one attached hydrogen (secondary N) is 5. The number of ketones is 1. The molecule has 1 aliphatic heterocycles. The Morgan fingerprint density at radius 2 is 1.59 bits per heavy atom. The molecular formula is C40H63N7O10S. The fourth-order valence-corrected chi connectivity index (χ4v) is 8.32. The summed E-state index contributed by atoms with van der Waals surface area (Å²) in [6, 6.07) is 3.22. The van der Waals surface area contributed by atoms with Crippen molar-refractivity contribution in [3.8, 4) is 0 Å². The highest BCUT2D eigenvalue weighted by Gasteiger charge is 2.46. The third-order valence-electron chi connectivity index (χ3n) is 10.1. The second kappa shape index (κ2) is 21.5. The third kappa shape index (κ3) is 15.1. The highest BCUT2D eigenvalue weighted by Crippen LogP contribution is 2.31. The number of likely N-dealkylation sites (tertiary alicyclic amines) is 1. The molecule has 0 bridgehead atoms. The van der Waals surface area contributed by atoms with Crippen LogP contribution in [0.3, 0.4) is 0 Å². The summed E-state index contributed by atoms with van der Waals surface area (Å²) >= 11 is 0. The van der Waals surface area contributed by atoms with E-state index >= 15 is 0 Å². The number of sulfonamides is 1. The van der Waals surface area contributed by atoms with Crippen LogP contribution >= 0.6 is 0 Å². The van der Waals surface area contributed by atoms with Gasteiger partial charge in [-0.05, 0) is 57.4 Å². The number of carbonyl (C=O) groups is 7. The Morgan fingerprint density at radius 1 is 0.948 bits per heavy atom. The van der Waals surface area contributed by atoms with Crippen LogP contribution in [0.1, 0.15) is 111 Å². The molecule has 1 aromatic carbocycles. The zero-order valence-electron chi connectivity index (χ0n) is 34.8. The zero-order valence-corrected chi connectivity index (χ0v) is 35.6. The fraction of sp³-hybridized carbons (Fsp3) is 0.675. The minimum atomic E-state index is -3.78. The van der Waals surface area contributed by atoms with E-state index in [1.54, 1.807) is 51.1 Å². The van der Waals surface area contributed by atoms with E-state index in [2.05, 4.69) is 26.0 Å². The Kier molecular flexibility index (Phi) is 17.8. The predicted octanol–water partition coefficient (Wildman–Crippen LogP) is 1.11. The normalized spacial score (nSPS) is 19.7. The lowest BCUT2D eigenvalue weighted by atomic mass is 9.83. The summed E-state index contributed by atoms with van der Waals surface area (Å²) in [6.07, 6.45) is 4.58. The van der Waals surface area contributed by atoms with Crippen molar-refractivity contribution in [1.82, 2.24) is 30.9 Å². The summed E-state index contributed by atoms with van der Waals surface area (Å²) in [5, 5.41) is 10.5. The first-order valence-corrected chi connectivity index (χ1v) is 22.0. The molecule has 0 aromatic heterocycles.